The molecule has 17 heavy (non-hydrogen) atoms. The summed E-state index contributed by atoms with van der Waals surface area (Å²) in [5, 5.41) is 3.10. The van der Waals surface area contributed by atoms with Crippen molar-refractivity contribution in [2.75, 3.05) is 0 Å². The number of thioether (sulfide) groups is 1. The second-order valence-corrected chi connectivity index (χ2v) is 5.06. The molecule has 3 heteroatoms. The van der Waals surface area contributed by atoms with Crippen LogP contribution in [0.5, 0.6) is 0 Å². The van der Waals surface area contributed by atoms with Gasteiger partial charge in [0.15, 0.2) is 0 Å². The Morgan fingerprint density at radius 2 is 2.06 bits per heavy atom. The fourth-order valence-electron chi connectivity index (χ4n) is 1.44. The van der Waals surface area contributed by atoms with Crippen molar-refractivity contribution < 1.29 is 0 Å². The van der Waals surface area contributed by atoms with E-state index in [1.54, 1.807) is 11.8 Å². The van der Waals surface area contributed by atoms with Gasteiger partial charge in [0, 0.05) is 0 Å². The molecule has 1 nitrogen and oxygen atoms in total. The number of allylic oxidation sites excluding steroid dienone is 6. The molecule has 0 amide bonds. The summed E-state index contributed by atoms with van der Waals surface area (Å²) >= 11 is 3.63. The summed E-state index contributed by atoms with van der Waals surface area (Å²) in [5.74, 6) is 0. The molecule has 0 radical (unpaired) electrons. The highest BCUT2D eigenvalue weighted by molar-refractivity contribution is 14.1. The third-order valence-corrected chi connectivity index (χ3v) is 4.22. The quantitative estimate of drug-likeness (QED) is 0.259. The molecule has 0 atom stereocenters. The van der Waals surface area contributed by atoms with Gasteiger partial charge in [-0.1, -0.05) is 37.4 Å². The summed E-state index contributed by atoms with van der Waals surface area (Å²) < 4.78 is 4.07. The first kappa shape index (κ1) is 16.7. The molecule has 0 aromatic heterocycles. The van der Waals surface area contributed by atoms with Crippen LogP contribution in [0.4, 0.5) is 0 Å². The molecule has 0 aliphatic rings. The lowest BCUT2D eigenvalue weighted by molar-refractivity contribution is 1.09. The van der Waals surface area contributed by atoms with Gasteiger partial charge < -0.3 is 0 Å². The molecule has 0 unspecified atom stereocenters. The van der Waals surface area contributed by atoms with Crippen LogP contribution in [0.15, 0.2) is 50.1 Å². The minimum absolute atomic E-state index is 1.05. The van der Waals surface area contributed by atoms with Crippen molar-refractivity contribution in [3.63, 3.8) is 0 Å². The van der Waals surface area contributed by atoms with Gasteiger partial charge in [-0.05, 0) is 55.4 Å². The van der Waals surface area contributed by atoms with Crippen molar-refractivity contribution >= 4 is 39.7 Å². The molecule has 0 heterocycles. The zero-order valence-electron chi connectivity index (χ0n) is 11.0. The third kappa shape index (κ3) is 6.27. The average molecular weight is 361 g/mol. The van der Waals surface area contributed by atoms with Gasteiger partial charge in [-0.25, -0.2) is 3.21 Å². The largest absolute Gasteiger partial charge is 0.213 e. The lowest BCUT2D eigenvalue weighted by atomic mass is 9.99. The van der Waals surface area contributed by atoms with E-state index in [1.165, 1.54) is 16.7 Å². The number of nitrogens with zero attached hydrogens (tertiary/aromatic N) is 1. The zero-order chi connectivity index (χ0) is 13.3. The Hall–Kier alpha value is -0.290. The van der Waals surface area contributed by atoms with Gasteiger partial charge in [0.2, 0.25) is 0 Å². The number of rotatable bonds is 5. The van der Waals surface area contributed by atoms with Crippen LogP contribution in [0.2, 0.25) is 0 Å². The Bertz CT molecular complexity index is 376. The molecule has 0 spiro atoms. The summed E-state index contributed by atoms with van der Waals surface area (Å²) in [6, 6.07) is 0. The second-order valence-electron chi connectivity index (χ2n) is 3.48. The lowest BCUT2D eigenvalue weighted by Gasteiger charge is -2.07. The first-order valence-corrected chi connectivity index (χ1v) is 7.42. The maximum Gasteiger partial charge on any atom is 0.0840 e. The van der Waals surface area contributed by atoms with E-state index in [0.717, 1.165) is 11.5 Å². The summed E-state index contributed by atoms with van der Waals surface area (Å²) in [6.45, 7) is 12.3. The van der Waals surface area contributed by atoms with E-state index in [2.05, 4.69) is 48.1 Å². The molecule has 0 N–H and O–H groups in total. The van der Waals surface area contributed by atoms with Crippen LogP contribution in [0.3, 0.4) is 0 Å². The Morgan fingerprint density at radius 1 is 1.41 bits per heavy atom. The monoisotopic (exact) mass is 361 g/mol. The second kappa shape index (κ2) is 9.71. The molecule has 0 aliphatic heterocycles. The number of hydrogen-bond donors (Lipinski definition) is 0. The SMILES string of the molecule is C=CC(/C=C/S/C(C)=N\I)=C(C)\C(=C/C)CC. The smallest absolute Gasteiger partial charge is 0.0840 e. The highest BCUT2D eigenvalue weighted by atomic mass is 127. The van der Waals surface area contributed by atoms with E-state index in [-0.39, 0.29) is 0 Å². The average Bonchev–Trinajstić information content (AvgIpc) is 2.35. The maximum atomic E-state index is 4.07. The van der Waals surface area contributed by atoms with Gasteiger partial charge in [-0.15, -0.1) is 0 Å². The van der Waals surface area contributed by atoms with E-state index < -0.39 is 0 Å². The Labute approximate surface area is 123 Å². The minimum atomic E-state index is 1.05. The summed E-state index contributed by atoms with van der Waals surface area (Å²) in [4.78, 5) is 0. The fourth-order valence-corrected chi connectivity index (χ4v) is 2.24. The van der Waals surface area contributed by atoms with E-state index >= 15 is 0 Å². The molecule has 0 aromatic rings. The first-order valence-electron chi connectivity index (χ1n) is 5.58. The number of halogens is 1. The van der Waals surface area contributed by atoms with Crippen molar-refractivity contribution in [1.82, 2.24) is 0 Å². The summed E-state index contributed by atoms with van der Waals surface area (Å²) in [5.41, 5.74) is 3.84. The van der Waals surface area contributed by atoms with Crippen molar-refractivity contribution in [2.45, 2.75) is 34.1 Å². The normalized spacial score (nSPS) is 15.1. The van der Waals surface area contributed by atoms with Crippen molar-refractivity contribution in [2.24, 2.45) is 3.21 Å². The van der Waals surface area contributed by atoms with Crippen LogP contribution in [0.1, 0.15) is 34.1 Å². The van der Waals surface area contributed by atoms with E-state index in [1.807, 2.05) is 35.9 Å². The molecular weight excluding hydrogens is 341 g/mol. The highest BCUT2D eigenvalue weighted by Gasteiger charge is 2.00. The predicted octanol–water partition coefficient (Wildman–Crippen LogP) is 5.86. The molecule has 0 aliphatic carbocycles. The highest BCUT2D eigenvalue weighted by Crippen LogP contribution is 2.20. The van der Waals surface area contributed by atoms with Crippen LogP contribution >= 0.6 is 34.6 Å². The Balaban J connectivity index is 4.95. The van der Waals surface area contributed by atoms with Crippen LogP contribution in [0, 0.1) is 0 Å². The molecule has 0 aromatic carbocycles. The zero-order valence-corrected chi connectivity index (χ0v) is 13.9. The van der Waals surface area contributed by atoms with Gasteiger partial charge >= 0.3 is 0 Å². The van der Waals surface area contributed by atoms with Gasteiger partial charge in [0.1, 0.15) is 0 Å². The molecule has 0 saturated heterocycles. The predicted molar refractivity (Wildman–Crippen MR) is 90.8 cm³/mol. The fraction of sp³-hybridized carbons (Fsp3) is 0.357. The Kier molecular flexibility index (Phi) is 9.55. The molecule has 0 fully saturated rings. The maximum absolute atomic E-state index is 4.07. The lowest BCUT2D eigenvalue weighted by Crippen LogP contribution is -1.87. The minimum Gasteiger partial charge on any atom is -0.213 e. The van der Waals surface area contributed by atoms with E-state index in [4.69, 9.17) is 0 Å². The van der Waals surface area contributed by atoms with Crippen molar-refractivity contribution in [3.05, 3.63) is 46.9 Å². The summed E-state index contributed by atoms with van der Waals surface area (Å²) in [7, 11) is 0. The van der Waals surface area contributed by atoms with Crippen LogP contribution < -0.4 is 0 Å². The molecular formula is C14H20INS. The summed E-state index contributed by atoms with van der Waals surface area (Å²) in [6.07, 6.45) is 7.21. The van der Waals surface area contributed by atoms with Crippen LogP contribution in [-0.4, -0.2) is 5.04 Å². The molecule has 0 rings (SSSR count). The van der Waals surface area contributed by atoms with Crippen molar-refractivity contribution in [1.29, 1.82) is 0 Å². The van der Waals surface area contributed by atoms with Crippen LogP contribution in [-0.2, 0) is 0 Å². The first-order chi connectivity index (χ1) is 8.10. The van der Waals surface area contributed by atoms with E-state index in [9.17, 15) is 0 Å². The molecule has 94 valence electrons. The molecule has 0 bridgehead atoms. The Morgan fingerprint density at radius 3 is 2.47 bits per heavy atom. The number of hydrogen-bond acceptors (Lipinski definition) is 2. The van der Waals surface area contributed by atoms with Gasteiger partial charge in [-0.2, -0.15) is 0 Å². The topological polar surface area (TPSA) is 12.4 Å². The standard InChI is InChI=1S/C14H20INS/c1-6-13(7-2)11(4)14(8-3)9-10-17-12(5)16-15/h6,8-10H,3,7H2,1-2,4-5H3/b10-9+,13-6-,14-11+,16-12-. The van der Waals surface area contributed by atoms with Gasteiger partial charge in [-0.3, -0.25) is 0 Å². The van der Waals surface area contributed by atoms with Crippen molar-refractivity contribution in [3.8, 4) is 0 Å². The molecule has 0 saturated carbocycles. The third-order valence-electron chi connectivity index (χ3n) is 2.47. The van der Waals surface area contributed by atoms with Gasteiger partial charge in [0.25, 0.3) is 0 Å². The van der Waals surface area contributed by atoms with Crippen LogP contribution in [0.25, 0.3) is 0 Å². The van der Waals surface area contributed by atoms with E-state index in [0.29, 0.717) is 0 Å². The van der Waals surface area contributed by atoms with Gasteiger partial charge in [0.05, 0.1) is 27.9 Å².